The highest BCUT2D eigenvalue weighted by Crippen LogP contribution is 2.34. The quantitative estimate of drug-likeness (QED) is 0.483. The Balaban J connectivity index is 1.74. The van der Waals surface area contributed by atoms with Crippen LogP contribution in [0.1, 0.15) is 25.6 Å². The van der Waals surface area contributed by atoms with Gasteiger partial charge in [-0.25, -0.2) is 13.2 Å². The highest BCUT2D eigenvalue weighted by atomic mass is 32.2. The maximum absolute atomic E-state index is 12.8. The van der Waals surface area contributed by atoms with Gasteiger partial charge in [-0.1, -0.05) is 18.2 Å². The maximum Gasteiger partial charge on any atom is 0.341 e. The number of amides is 1. The molecule has 178 valence electrons. The summed E-state index contributed by atoms with van der Waals surface area (Å²) in [5.74, 6) is -0.785. The molecule has 0 spiro atoms. The second-order valence-corrected chi connectivity index (χ2v) is 10.9. The summed E-state index contributed by atoms with van der Waals surface area (Å²) in [5, 5.41) is 3.85. The van der Waals surface area contributed by atoms with Crippen molar-refractivity contribution in [3.8, 4) is 0 Å². The lowest BCUT2D eigenvalue weighted by atomic mass is 10.1. The molecule has 33 heavy (non-hydrogen) atoms. The minimum Gasteiger partial charge on any atom is -0.465 e. The van der Waals surface area contributed by atoms with Crippen molar-refractivity contribution in [1.29, 1.82) is 0 Å². The molecule has 9 nitrogen and oxygen atoms in total. The number of hydrogen-bond acceptors (Lipinski definition) is 7. The van der Waals surface area contributed by atoms with E-state index in [2.05, 4.69) is 5.32 Å². The zero-order valence-corrected chi connectivity index (χ0v) is 21.3. The number of rotatable bonds is 5. The molecule has 0 atom stereocenters. The Morgan fingerprint density at radius 2 is 1.73 bits per heavy atom. The first kappa shape index (κ1) is 25.1. The first-order valence-electron chi connectivity index (χ1n) is 10.1. The number of anilines is 1. The lowest BCUT2D eigenvalue weighted by Crippen LogP contribution is -2.51. The van der Waals surface area contributed by atoms with Gasteiger partial charge in [0.15, 0.2) is 5.11 Å². The fourth-order valence-corrected chi connectivity index (χ4v) is 6.41. The molecule has 1 aromatic carbocycles. The molecule has 0 unspecified atom stereocenters. The molecule has 0 radical (unpaired) electrons. The van der Waals surface area contributed by atoms with E-state index in [0.29, 0.717) is 33.6 Å². The van der Waals surface area contributed by atoms with Gasteiger partial charge in [-0.05, 0) is 36.8 Å². The van der Waals surface area contributed by atoms with Crippen LogP contribution in [0.15, 0.2) is 35.2 Å². The number of esters is 1. The number of carbonyl (C=O) groups is 2. The van der Waals surface area contributed by atoms with Gasteiger partial charge in [-0.15, -0.1) is 11.3 Å². The topological polar surface area (TPSA) is 99.3 Å². The van der Waals surface area contributed by atoms with E-state index in [4.69, 9.17) is 17.0 Å². The summed E-state index contributed by atoms with van der Waals surface area (Å²) in [4.78, 5) is 28.9. The van der Waals surface area contributed by atoms with Crippen molar-refractivity contribution in [3.63, 3.8) is 0 Å². The third kappa shape index (κ3) is 5.18. The largest absolute Gasteiger partial charge is 0.465 e. The molecule has 1 amide bonds. The molecular formula is C21H26N4O5S3. The first-order chi connectivity index (χ1) is 15.6. The average molecular weight is 511 g/mol. The van der Waals surface area contributed by atoms with Crippen molar-refractivity contribution in [2.24, 2.45) is 0 Å². The van der Waals surface area contributed by atoms with Gasteiger partial charge in [-0.3, -0.25) is 4.79 Å². The van der Waals surface area contributed by atoms with Crippen LogP contribution in [0, 0.1) is 6.92 Å². The van der Waals surface area contributed by atoms with Crippen LogP contribution in [0.4, 0.5) is 5.00 Å². The number of benzene rings is 1. The van der Waals surface area contributed by atoms with Gasteiger partial charge in [0.1, 0.15) is 5.00 Å². The van der Waals surface area contributed by atoms with Crippen LogP contribution in [-0.4, -0.2) is 86.9 Å². The van der Waals surface area contributed by atoms with Gasteiger partial charge in [0.25, 0.3) is 5.91 Å². The molecule has 1 saturated heterocycles. The number of thiophene rings is 1. The number of sulfonamides is 1. The smallest absolute Gasteiger partial charge is 0.341 e. The van der Waals surface area contributed by atoms with Gasteiger partial charge in [0.05, 0.1) is 22.4 Å². The molecular weight excluding hydrogens is 484 g/mol. The summed E-state index contributed by atoms with van der Waals surface area (Å²) in [6.45, 7) is 3.02. The number of nitrogens with one attached hydrogen (secondary N) is 1. The second-order valence-electron chi connectivity index (χ2n) is 7.59. The Kier molecular flexibility index (Phi) is 7.73. The van der Waals surface area contributed by atoms with Crippen molar-refractivity contribution in [3.05, 3.63) is 46.3 Å². The number of methoxy groups -OCH3 is 1. The SMILES string of the molecule is COC(=O)c1c(NC(=S)N2CCN(S(=O)(=O)c3ccccc3)CC2)sc(C(=O)N(C)C)c1C. The van der Waals surface area contributed by atoms with Crippen LogP contribution in [0.25, 0.3) is 0 Å². The van der Waals surface area contributed by atoms with Crippen LogP contribution in [0.3, 0.4) is 0 Å². The van der Waals surface area contributed by atoms with Gasteiger partial charge < -0.3 is 19.9 Å². The zero-order valence-electron chi connectivity index (χ0n) is 18.8. The Hall–Kier alpha value is -2.54. The fraction of sp³-hybridized carbons (Fsp3) is 0.381. The molecule has 0 aliphatic carbocycles. The van der Waals surface area contributed by atoms with E-state index in [1.165, 1.54) is 16.3 Å². The van der Waals surface area contributed by atoms with Gasteiger partial charge in [0.2, 0.25) is 10.0 Å². The molecule has 0 bridgehead atoms. The maximum atomic E-state index is 12.8. The van der Waals surface area contributed by atoms with E-state index in [1.54, 1.807) is 51.4 Å². The van der Waals surface area contributed by atoms with Crippen molar-refractivity contribution < 1.29 is 22.7 Å². The molecule has 12 heteroatoms. The third-order valence-electron chi connectivity index (χ3n) is 5.26. The highest BCUT2D eigenvalue weighted by molar-refractivity contribution is 7.89. The predicted molar refractivity (Wildman–Crippen MR) is 131 cm³/mol. The third-order valence-corrected chi connectivity index (χ3v) is 8.73. The molecule has 1 aromatic heterocycles. The number of piperazine rings is 1. The highest BCUT2D eigenvalue weighted by Gasteiger charge is 2.31. The second kappa shape index (κ2) is 10.2. The van der Waals surface area contributed by atoms with Gasteiger partial charge >= 0.3 is 5.97 Å². The number of nitrogens with zero attached hydrogens (tertiary/aromatic N) is 3. The lowest BCUT2D eigenvalue weighted by molar-refractivity contribution is 0.0601. The monoisotopic (exact) mass is 510 g/mol. The van der Waals surface area contributed by atoms with Crippen LogP contribution in [0.2, 0.25) is 0 Å². The molecule has 0 saturated carbocycles. The van der Waals surface area contributed by atoms with E-state index in [1.807, 2.05) is 4.90 Å². The van der Waals surface area contributed by atoms with Gasteiger partial charge in [0, 0.05) is 40.3 Å². The molecule has 1 fully saturated rings. The van der Waals surface area contributed by atoms with Crippen LogP contribution >= 0.6 is 23.6 Å². The normalized spacial score (nSPS) is 14.6. The number of ether oxygens (including phenoxy) is 1. The first-order valence-corrected chi connectivity index (χ1v) is 12.8. The Bertz CT molecular complexity index is 1150. The van der Waals surface area contributed by atoms with Gasteiger partial charge in [-0.2, -0.15) is 4.31 Å². The van der Waals surface area contributed by atoms with E-state index >= 15 is 0 Å². The van der Waals surface area contributed by atoms with Crippen molar-refractivity contribution in [2.75, 3.05) is 52.7 Å². The van der Waals surface area contributed by atoms with Crippen molar-refractivity contribution in [2.45, 2.75) is 11.8 Å². The number of carbonyl (C=O) groups excluding carboxylic acids is 2. The molecule has 1 aliphatic heterocycles. The summed E-state index contributed by atoms with van der Waals surface area (Å²) in [6, 6.07) is 8.31. The average Bonchev–Trinajstić information content (AvgIpc) is 3.13. The summed E-state index contributed by atoms with van der Waals surface area (Å²) < 4.78 is 32.0. The summed E-state index contributed by atoms with van der Waals surface area (Å²) in [5.41, 5.74) is 0.787. The van der Waals surface area contributed by atoms with Crippen molar-refractivity contribution in [1.82, 2.24) is 14.1 Å². The Morgan fingerprint density at radius 1 is 1.12 bits per heavy atom. The molecule has 2 aromatic rings. The van der Waals surface area contributed by atoms with E-state index in [0.717, 1.165) is 11.3 Å². The van der Waals surface area contributed by atoms with Crippen LogP contribution in [0.5, 0.6) is 0 Å². The summed E-state index contributed by atoms with van der Waals surface area (Å²) in [7, 11) is 0.987. The van der Waals surface area contributed by atoms with E-state index in [9.17, 15) is 18.0 Å². The van der Waals surface area contributed by atoms with E-state index < -0.39 is 16.0 Å². The zero-order chi connectivity index (χ0) is 24.3. The molecule has 3 rings (SSSR count). The minimum atomic E-state index is -3.57. The Labute approximate surface area is 203 Å². The fourth-order valence-electron chi connectivity index (χ4n) is 3.41. The van der Waals surface area contributed by atoms with Crippen LogP contribution < -0.4 is 5.32 Å². The summed E-state index contributed by atoms with van der Waals surface area (Å²) in [6.07, 6.45) is 0. The lowest BCUT2D eigenvalue weighted by Gasteiger charge is -2.35. The van der Waals surface area contributed by atoms with Crippen LogP contribution in [-0.2, 0) is 14.8 Å². The number of thiocarbonyl (C=S) groups is 1. The predicted octanol–water partition coefficient (Wildman–Crippen LogP) is 2.25. The molecule has 2 heterocycles. The molecule has 1 aliphatic rings. The summed E-state index contributed by atoms with van der Waals surface area (Å²) >= 11 is 6.68. The van der Waals surface area contributed by atoms with Crippen molar-refractivity contribution >= 4 is 55.6 Å². The number of hydrogen-bond donors (Lipinski definition) is 1. The Morgan fingerprint density at radius 3 is 2.27 bits per heavy atom. The standard InChI is InChI=1S/C21H26N4O5S3/c1-14-16(20(27)30-4)18(32-17(14)19(26)23(2)3)22-21(31)24-10-12-25(13-11-24)33(28,29)15-8-6-5-7-9-15/h5-9H,10-13H2,1-4H3,(H,22,31). The molecule has 1 N–H and O–H groups in total. The van der Waals surface area contributed by atoms with E-state index in [-0.39, 0.29) is 29.5 Å². The minimum absolute atomic E-state index is 0.221.